The quantitative estimate of drug-likeness (QED) is 0.898. The second-order valence-electron chi connectivity index (χ2n) is 5.99. The Morgan fingerprint density at radius 1 is 1.53 bits per heavy atom. The molecule has 2 rings (SSSR count). The first-order valence-electron chi connectivity index (χ1n) is 6.36. The summed E-state index contributed by atoms with van der Waals surface area (Å²) in [6, 6.07) is 0. The van der Waals surface area contributed by atoms with E-state index in [1.54, 1.807) is 0 Å². The third-order valence-electron chi connectivity index (χ3n) is 3.35. The van der Waals surface area contributed by atoms with E-state index < -0.39 is 0 Å². The summed E-state index contributed by atoms with van der Waals surface area (Å²) in [6.07, 6.45) is 3.28. The van der Waals surface area contributed by atoms with Gasteiger partial charge in [-0.3, -0.25) is 4.90 Å². The molecular weight excluding hydrogens is 230 g/mol. The van der Waals surface area contributed by atoms with E-state index in [2.05, 4.69) is 30.7 Å². The molecule has 1 fully saturated rings. The maximum absolute atomic E-state index is 5.71. The van der Waals surface area contributed by atoms with E-state index in [1.165, 1.54) is 22.9 Å². The molecule has 1 aromatic heterocycles. The molecule has 3 nitrogen and oxygen atoms in total. The molecule has 1 saturated heterocycles. The van der Waals surface area contributed by atoms with Crippen LogP contribution in [0.4, 0.5) is 0 Å². The summed E-state index contributed by atoms with van der Waals surface area (Å²) in [5.74, 6) is 0.692. The summed E-state index contributed by atoms with van der Waals surface area (Å²) in [6.45, 7) is 10.9. The minimum atomic E-state index is 0.223. The first kappa shape index (κ1) is 13.0. The van der Waals surface area contributed by atoms with Gasteiger partial charge in [0.05, 0.1) is 6.54 Å². The van der Waals surface area contributed by atoms with Crippen molar-refractivity contribution in [2.75, 3.05) is 19.6 Å². The Balaban J connectivity index is 1.94. The zero-order valence-electron chi connectivity index (χ0n) is 11.1. The highest BCUT2D eigenvalue weighted by molar-refractivity contribution is 7.11. The average molecular weight is 253 g/mol. The van der Waals surface area contributed by atoms with Crippen LogP contribution in [-0.2, 0) is 12.0 Å². The number of hydrogen-bond acceptors (Lipinski definition) is 4. The monoisotopic (exact) mass is 253 g/mol. The molecule has 0 saturated carbocycles. The number of rotatable bonds is 3. The van der Waals surface area contributed by atoms with Gasteiger partial charge in [0, 0.05) is 17.6 Å². The van der Waals surface area contributed by atoms with Crippen LogP contribution in [0.5, 0.6) is 0 Å². The molecule has 0 radical (unpaired) electrons. The zero-order chi connectivity index (χ0) is 12.5. The first-order valence-corrected chi connectivity index (χ1v) is 7.18. The summed E-state index contributed by atoms with van der Waals surface area (Å²) >= 11 is 1.85. The van der Waals surface area contributed by atoms with Crippen molar-refractivity contribution >= 4 is 11.3 Å². The molecule has 1 aromatic rings. The average Bonchev–Trinajstić information content (AvgIpc) is 2.86. The predicted molar refractivity (Wildman–Crippen MR) is 73.3 cm³/mol. The van der Waals surface area contributed by atoms with Gasteiger partial charge in [-0.05, 0) is 30.8 Å². The molecule has 17 heavy (non-hydrogen) atoms. The third-order valence-corrected chi connectivity index (χ3v) is 4.76. The molecule has 4 heteroatoms. The fourth-order valence-electron chi connectivity index (χ4n) is 2.17. The molecule has 1 atom stereocenters. The molecule has 2 N–H and O–H groups in total. The molecule has 1 aliphatic heterocycles. The maximum Gasteiger partial charge on any atom is 0.107 e. The molecular formula is C13H23N3S. The Hall–Kier alpha value is -0.450. The van der Waals surface area contributed by atoms with Crippen molar-refractivity contribution in [1.82, 2.24) is 9.88 Å². The fourth-order valence-corrected chi connectivity index (χ4v) is 3.19. The minimum Gasteiger partial charge on any atom is -0.330 e. The minimum absolute atomic E-state index is 0.223. The predicted octanol–water partition coefficient (Wildman–Crippen LogP) is 2.22. The fraction of sp³-hybridized carbons (Fsp3) is 0.769. The normalized spacial score (nSPS) is 22.2. The van der Waals surface area contributed by atoms with Crippen LogP contribution in [0.3, 0.4) is 0 Å². The lowest BCUT2D eigenvalue weighted by molar-refractivity contribution is 0.317. The Bertz CT molecular complexity index is 367. The second-order valence-corrected chi connectivity index (χ2v) is 7.11. The molecule has 0 amide bonds. The summed E-state index contributed by atoms with van der Waals surface area (Å²) in [4.78, 5) is 8.39. The maximum atomic E-state index is 5.71. The van der Waals surface area contributed by atoms with Crippen molar-refractivity contribution in [1.29, 1.82) is 0 Å². The van der Waals surface area contributed by atoms with Crippen LogP contribution in [0.15, 0.2) is 6.20 Å². The van der Waals surface area contributed by atoms with Crippen molar-refractivity contribution in [3.63, 3.8) is 0 Å². The van der Waals surface area contributed by atoms with Crippen LogP contribution < -0.4 is 5.73 Å². The van der Waals surface area contributed by atoms with E-state index in [4.69, 9.17) is 5.73 Å². The largest absolute Gasteiger partial charge is 0.330 e. The summed E-state index contributed by atoms with van der Waals surface area (Å²) in [5.41, 5.74) is 5.93. The summed E-state index contributed by atoms with van der Waals surface area (Å²) in [5, 5.41) is 1.24. The molecule has 96 valence electrons. The van der Waals surface area contributed by atoms with E-state index in [0.29, 0.717) is 5.92 Å². The van der Waals surface area contributed by atoms with Gasteiger partial charge < -0.3 is 5.73 Å². The van der Waals surface area contributed by atoms with E-state index >= 15 is 0 Å². The van der Waals surface area contributed by atoms with Crippen LogP contribution in [0.25, 0.3) is 0 Å². The lowest BCUT2D eigenvalue weighted by Gasteiger charge is -2.15. The Morgan fingerprint density at radius 2 is 2.29 bits per heavy atom. The van der Waals surface area contributed by atoms with E-state index in [1.807, 2.05) is 17.5 Å². The Labute approximate surface area is 108 Å². The summed E-state index contributed by atoms with van der Waals surface area (Å²) < 4.78 is 0. The van der Waals surface area contributed by atoms with Crippen LogP contribution in [0.1, 0.15) is 37.1 Å². The SMILES string of the molecule is CC(C)(C)c1cnc(CN2CCC(CN)C2)s1. The highest BCUT2D eigenvalue weighted by Crippen LogP contribution is 2.29. The topological polar surface area (TPSA) is 42.2 Å². The van der Waals surface area contributed by atoms with E-state index in [-0.39, 0.29) is 5.41 Å². The van der Waals surface area contributed by atoms with Gasteiger partial charge in [-0.25, -0.2) is 4.98 Å². The van der Waals surface area contributed by atoms with Gasteiger partial charge in [0.1, 0.15) is 5.01 Å². The van der Waals surface area contributed by atoms with Crippen LogP contribution in [0.2, 0.25) is 0 Å². The lowest BCUT2D eigenvalue weighted by Crippen LogP contribution is -2.22. The third kappa shape index (κ3) is 3.27. The van der Waals surface area contributed by atoms with Crippen LogP contribution in [0, 0.1) is 5.92 Å². The number of likely N-dealkylation sites (tertiary alicyclic amines) is 1. The number of thiazole rings is 1. The van der Waals surface area contributed by atoms with Gasteiger partial charge in [-0.1, -0.05) is 20.8 Å². The van der Waals surface area contributed by atoms with Gasteiger partial charge in [0.15, 0.2) is 0 Å². The standard InChI is InChI=1S/C13H23N3S/c1-13(2,3)11-7-15-12(17-11)9-16-5-4-10(6-14)8-16/h7,10H,4-6,8-9,14H2,1-3H3. The van der Waals surface area contributed by atoms with Crippen molar-refractivity contribution in [2.24, 2.45) is 11.7 Å². The van der Waals surface area contributed by atoms with Crippen LogP contribution in [-0.4, -0.2) is 29.5 Å². The Morgan fingerprint density at radius 3 is 2.82 bits per heavy atom. The molecule has 0 bridgehead atoms. The number of nitrogens with two attached hydrogens (primary N) is 1. The molecule has 1 aliphatic rings. The molecule has 1 unspecified atom stereocenters. The number of hydrogen-bond donors (Lipinski definition) is 1. The number of aromatic nitrogens is 1. The number of nitrogens with zero attached hydrogens (tertiary/aromatic N) is 2. The second kappa shape index (κ2) is 5.04. The van der Waals surface area contributed by atoms with Crippen molar-refractivity contribution < 1.29 is 0 Å². The Kier molecular flexibility index (Phi) is 3.85. The van der Waals surface area contributed by atoms with E-state index in [0.717, 1.165) is 19.6 Å². The van der Waals surface area contributed by atoms with Crippen molar-refractivity contribution in [3.05, 3.63) is 16.1 Å². The highest BCUT2D eigenvalue weighted by atomic mass is 32.1. The molecule has 2 heterocycles. The smallest absolute Gasteiger partial charge is 0.107 e. The van der Waals surface area contributed by atoms with Crippen molar-refractivity contribution in [2.45, 2.75) is 39.2 Å². The van der Waals surface area contributed by atoms with Gasteiger partial charge in [0.2, 0.25) is 0 Å². The zero-order valence-corrected chi connectivity index (χ0v) is 11.9. The molecule has 0 aromatic carbocycles. The van der Waals surface area contributed by atoms with Crippen molar-refractivity contribution in [3.8, 4) is 0 Å². The van der Waals surface area contributed by atoms with Gasteiger partial charge in [-0.2, -0.15) is 0 Å². The van der Waals surface area contributed by atoms with Gasteiger partial charge in [-0.15, -0.1) is 11.3 Å². The summed E-state index contributed by atoms with van der Waals surface area (Å²) in [7, 11) is 0. The lowest BCUT2D eigenvalue weighted by atomic mass is 9.96. The van der Waals surface area contributed by atoms with Gasteiger partial charge in [0.25, 0.3) is 0 Å². The first-order chi connectivity index (χ1) is 7.99. The molecule has 0 aliphatic carbocycles. The van der Waals surface area contributed by atoms with Crippen LogP contribution >= 0.6 is 11.3 Å². The highest BCUT2D eigenvalue weighted by Gasteiger charge is 2.23. The molecule has 0 spiro atoms. The van der Waals surface area contributed by atoms with Gasteiger partial charge >= 0.3 is 0 Å². The van der Waals surface area contributed by atoms with E-state index in [9.17, 15) is 0 Å².